The average molecular weight is 466 g/mol. The number of benzene rings is 2. The number of anilines is 1. The fourth-order valence-corrected chi connectivity index (χ4v) is 3.51. The molecule has 7 heteroatoms. The molecule has 0 atom stereocenters. The largest absolute Gasteiger partial charge is 0.456 e. The molecule has 0 unspecified atom stereocenters. The van der Waals surface area contributed by atoms with Crippen molar-refractivity contribution in [2.45, 2.75) is 12.8 Å². The Balaban J connectivity index is 1.43. The molecule has 0 aliphatic heterocycles. The van der Waals surface area contributed by atoms with Crippen LogP contribution in [0.25, 0.3) is 10.2 Å². The number of carbonyl (C=O) groups excluding carboxylic acids is 2. The molecule has 1 amide bonds. The zero-order valence-electron chi connectivity index (χ0n) is 13.2. The zero-order chi connectivity index (χ0) is 17.6. The van der Waals surface area contributed by atoms with Crippen molar-refractivity contribution in [2.75, 3.05) is 11.9 Å². The molecule has 0 fully saturated rings. The highest BCUT2D eigenvalue weighted by molar-refractivity contribution is 14.1. The lowest BCUT2D eigenvalue weighted by atomic mass is 10.3. The fraction of sp³-hybridized carbons (Fsp3) is 0.167. The van der Waals surface area contributed by atoms with Gasteiger partial charge in [-0.15, -0.1) is 11.3 Å². The molecule has 5 nitrogen and oxygen atoms in total. The van der Waals surface area contributed by atoms with E-state index in [1.165, 1.54) is 0 Å². The number of ether oxygens (including phenoxy) is 1. The summed E-state index contributed by atoms with van der Waals surface area (Å²) in [5.41, 5.74) is 1.61. The Bertz CT molecular complexity index is 860. The van der Waals surface area contributed by atoms with Crippen molar-refractivity contribution >= 4 is 61.7 Å². The Kier molecular flexibility index (Phi) is 5.98. The molecule has 2 aromatic carbocycles. The third kappa shape index (κ3) is 5.23. The van der Waals surface area contributed by atoms with E-state index in [4.69, 9.17) is 4.74 Å². The Morgan fingerprint density at radius 2 is 1.88 bits per heavy atom. The number of fused-ring (bicyclic) bond motifs is 1. The van der Waals surface area contributed by atoms with Crippen LogP contribution in [-0.4, -0.2) is 23.5 Å². The molecule has 1 aromatic heterocycles. The molecule has 3 rings (SSSR count). The number of carbonyl (C=O) groups is 2. The number of hydrogen-bond acceptors (Lipinski definition) is 5. The van der Waals surface area contributed by atoms with Crippen molar-refractivity contribution < 1.29 is 14.3 Å². The molecule has 0 saturated carbocycles. The van der Waals surface area contributed by atoms with Crippen LogP contribution < -0.4 is 5.32 Å². The van der Waals surface area contributed by atoms with Gasteiger partial charge in [-0.3, -0.25) is 9.59 Å². The number of halogens is 1. The van der Waals surface area contributed by atoms with Gasteiger partial charge in [0.05, 0.1) is 21.6 Å². The number of para-hydroxylation sites is 1. The summed E-state index contributed by atoms with van der Waals surface area (Å²) in [5.74, 6) is -0.758. The van der Waals surface area contributed by atoms with E-state index < -0.39 is 5.97 Å². The van der Waals surface area contributed by atoms with E-state index in [1.807, 2.05) is 36.4 Å². The zero-order valence-corrected chi connectivity index (χ0v) is 16.2. The Labute approximate surface area is 162 Å². The molecule has 0 bridgehead atoms. The molecule has 3 aromatic rings. The van der Waals surface area contributed by atoms with Gasteiger partial charge in [-0.25, -0.2) is 4.98 Å². The van der Waals surface area contributed by atoms with Gasteiger partial charge in [0.15, 0.2) is 6.61 Å². The molecule has 0 radical (unpaired) electrons. The maximum Gasteiger partial charge on any atom is 0.306 e. The second-order valence-electron chi connectivity index (χ2n) is 5.29. The van der Waals surface area contributed by atoms with E-state index in [2.05, 4.69) is 32.9 Å². The molecule has 128 valence electrons. The van der Waals surface area contributed by atoms with Gasteiger partial charge >= 0.3 is 5.97 Å². The number of aryl methyl sites for hydroxylation is 1. The van der Waals surface area contributed by atoms with Crippen molar-refractivity contribution in [1.29, 1.82) is 0 Å². The summed E-state index contributed by atoms with van der Waals surface area (Å²) in [5, 5.41) is 3.58. The minimum absolute atomic E-state index is 0.205. The highest BCUT2D eigenvalue weighted by Crippen LogP contribution is 2.22. The number of aromatic nitrogens is 1. The van der Waals surface area contributed by atoms with Gasteiger partial charge in [-0.05, 0) is 59.0 Å². The highest BCUT2D eigenvalue weighted by Gasteiger charge is 2.10. The van der Waals surface area contributed by atoms with Crippen molar-refractivity contribution in [2.24, 2.45) is 0 Å². The SMILES string of the molecule is O=C(COC(=O)CCc1nc2ccccc2s1)Nc1ccc(I)cc1. The van der Waals surface area contributed by atoms with E-state index >= 15 is 0 Å². The molecule has 25 heavy (non-hydrogen) atoms. The first-order valence-corrected chi connectivity index (χ1v) is 9.55. The van der Waals surface area contributed by atoms with Crippen LogP contribution in [0.4, 0.5) is 5.69 Å². The molecular weight excluding hydrogens is 451 g/mol. The maximum absolute atomic E-state index is 11.8. The summed E-state index contributed by atoms with van der Waals surface area (Å²) in [6.07, 6.45) is 0.716. The molecule has 0 aliphatic rings. The van der Waals surface area contributed by atoms with Crippen LogP contribution >= 0.6 is 33.9 Å². The minimum Gasteiger partial charge on any atom is -0.456 e. The van der Waals surface area contributed by atoms with Crippen LogP contribution in [0.1, 0.15) is 11.4 Å². The molecular formula is C18H15IN2O3S. The molecule has 0 aliphatic carbocycles. The number of nitrogens with zero attached hydrogens (tertiary/aromatic N) is 1. The van der Waals surface area contributed by atoms with Gasteiger partial charge in [-0.2, -0.15) is 0 Å². The van der Waals surface area contributed by atoms with Crippen molar-refractivity contribution in [3.8, 4) is 0 Å². The maximum atomic E-state index is 11.8. The highest BCUT2D eigenvalue weighted by atomic mass is 127. The summed E-state index contributed by atoms with van der Waals surface area (Å²) >= 11 is 3.76. The van der Waals surface area contributed by atoms with E-state index in [0.717, 1.165) is 18.8 Å². The Morgan fingerprint density at radius 3 is 2.64 bits per heavy atom. The summed E-state index contributed by atoms with van der Waals surface area (Å²) in [6.45, 7) is -0.287. The number of hydrogen-bond donors (Lipinski definition) is 1. The van der Waals surface area contributed by atoms with Gasteiger partial charge in [0, 0.05) is 15.7 Å². The third-order valence-corrected chi connectivity index (χ3v) is 5.19. The predicted octanol–water partition coefficient (Wildman–Crippen LogP) is 4.02. The standard InChI is InChI=1S/C18H15IN2O3S/c19-12-5-7-13(8-6-12)20-16(22)11-24-18(23)10-9-17-21-14-3-1-2-4-15(14)25-17/h1-8H,9-11H2,(H,20,22). The van der Waals surface area contributed by atoms with Crippen LogP contribution in [0.5, 0.6) is 0 Å². The first kappa shape index (κ1) is 17.8. The molecule has 1 heterocycles. The number of rotatable bonds is 6. The van der Waals surface area contributed by atoms with E-state index in [9.17, 15) is 9.59 Å². The second kappa shape index (κ2) is 8.39. The Morgan fingerprint density at radius 1 is 1.12 bits per heavy atom. The molecule has 0 saturated heterocycles. The summed E-state index contributed by atoms with van der Waals surface area (Å²) in [6, 6.07) is 15.2. The average Bonchev–Trinajstić information content (AvgIpc) is 3.03. The first-order chi connectivity index (χ1) is 12.1. The van der Waals surface area contributed by atoms with Crippen molar-refractivity contribution in [3.05, 3.63) is 57.1 Å². The van der Waals surface area contributed by atoms with E-state index in [-0.39, 0.29) is 18.9 Å². The summed E-state index contributed by atoms with van der Waals surface area (Å²) < 4.78 is 7.20. The van der Waals surface area contributed by atoms with Gasteiger partial charge < -0.3 is 10.1 Å². The Hall–Kier alpha value is -2.00. The lowest BCUT2D eigenvalue weighted by molar-refractivity contribution is -0.147. The smallest absolute Gasteiger partial charge is 0.306 e. The summed E-state index contributed by atoms with van der Waals surface area (Å²) in [4.78, 5) is 28.1. The quantitative estimate of drug-likeness (QED) is 0.441. The first-order valence-electron chi connectivity index (χ1n) is 7.65. The molecule has 1 N–H and O–H groups in total. The van der Waals surface area contributed by atoms with Gasteiger partial charge in [0.2, 0.25) is 0 Å². The van der Waals surface area contributed by atoms with Crippen LogP contribution in [0, 0.1) is 3.57 Å². The van der Waals surface area contributed by atoms with E-state index in [0.29, 0.717) is 12.1 Å². The number of amides is 1. The van der Waals surface area contributed by atoms with Crippen molar-refractivity contribution in [3.63, 3.8) is 0 Å². The van der Waals surface area contributed by atoms with Crippen LogP contribution in [0.15, 0.2) is 48.5 Å². The van der Waals surface area contributed by atoms with Crippen molar-refractivity contribution in [1.82, 2.24) is 4.98 Å². The monoisotopic (exact) mass is 466 g/mol. The minimum atomic E-state index is -0.406. The normalized spacial score (nSPS) is 10.6. The summed E-state index contributed by atoms with van der Waals surface area (Å²) in [7, 11) is 0. The topological polar surface area (TPSA) is 68.3 Å². The van der Waals surface area contributed by atoms with Crippen LogP contribution in [0.2, 0.25) is 0 Å². The van der Waals surface area contributed by atoms with Gasteiger partial charge in [0.1, 0.15) is 0 Å². The van der Waals surface area contributed by atoms with Crippen LogP contribution in [-0.2, 0) is 20.7 Å². The van der Waals surface area contributed by atoms with Gasteiger partial charge in [0.25, 0.3) is 5.91 Å². The molecule has 0 spiro atoms. The number of nitrogens with one attached hydrogen (secondary N) is 1. The fourth-order valence-electron chi connectivity index (χ4n) is 2.18. The van der Waals surface area contributed by atoms with E-state index in [1.54, 1.807) is 23.5 Å². The third-order valence-electron chi connectivity index (χ3n) is 3.37. The lowest BCUT2D eigenvalue weighted by Gasteiger charge is -2.06. The number of esters is 1. The van der Waals surface area contributed by atoms with Crippen LogP contribution in [0.3, 0.4) is 0 Å². The second-order valence-corrected chi connectivity index (χ2v) is 7.65. The lowest BCUT2D eigenvalue weighted by Crippen LogP contribution is -2.21. The van der Waals surface area contributed by atoms with Gasteiger partial charge in [-0.1, -0.05) is 12.1 Å². The number of thiazole rings is 1. The predicted molar refractivity (Wildman–Crippen MR) is 107 cm³/mol.